The smallest absolute Gasteiger partial charge is 0.267 e. The molecule has 0 radical (unpaired) electrons. The van der Waals surface area contributed by atoms with Crippen LogP contribution in [0, 0.1) is 5.82 Å². The summed E-state index contributed by atoms with van der Waals surface area (Å²) in [4.78, 5) is 19.5. The van der Waals surface area contributed by atoms with Gasteiger partial charge in [-0.1, -0.05) is 36.4 Å². The van der Waals surface area contributed by atoms with Gasteiger partial charge in [-0.2, -0.15) is 0 Å². The molecule has 32 heavy (non-hydrogen) atoms. The van der Waals surface area contributed by atoms with Crippen LogP contribution in [0.3, 0.4) is 0 Å². The molecule has 2 aromatic rings. The van der Waals surface area contributed by atoms with Crippen LogP contribution in [0.4, 0.5) is 10.1 Å². The van der Waals surface area contributed by atoms with Crippen LogP contribution in [0.2, 0.25) is 0 Å². The minimum absolute atomic E-state index is 0.208. The number of likely N-dealkylation sites (tertiary alicyclic amines) is 1. The molecule has 6 nitrogen and oxygen atoms in total. The Morgan fingerprint density at radius 1 is 1.19 bits per heavy atom. The van der Waals surface area contributed by atoms with Crippen molar-refractivity contribution in [2.24, 2.45) is 0 Å². The third-order valence-electron chi connectivity index (χ3n) is 5.73. The highest BCUT2D eigenvalue weighted by molar-refractivity contribution is 5.91. The van der Waals surface area contributed by atoms with Crippen molar-refractivity contribution < 1.29 is 18.8 Å². The van der Waals surface area contributed by atoms with Crippen LogP contribution in [0.1, 0.15) is 36.8 Å². The number of benzene rings is 2. The van der Waals surface area contributed by atoms with Crippen LogP contribution in [0.5, 0.6) is 0 Å². The van der Waals surface area contributed by atoms with E-state index in [0.717, 1.165) is 45.3 Å². The second kappa shape index (κ2) is 11.2. The predicted octanol–water partition coefficient (Wildman–Crippen LogP) is 4.10. The topological polar surface area (TPSA) is 62.8 Å². The van der Waals surface area contributed by atoms with Gasteiger partial charge in [0, 0.05) is 44.8 Å². The number of anilines is 1. The molecule has 2 N–H and O–H groups in total. The lowest BCUT2D eigenvalue weighted by atomic mass is 10.1. The zero-order valence-corrected chi connectivity index (χ0v) is 18.1. The molecule has 0 spiro atoms. The maximum Gasteiger partial charge on any atom is 0.267 e. The van der Waals surface area contributed by atoms with E-state index in [1.165, 1.54) is 17.7 Å². The van der Waals surface area contributed by atoms with Gasteiger partial charge < -0.3 is 10.1 Å². The summed E-state index contributed by atoms with van der Waals surface area (Å²) in [5, 5.41) is 3.32. The molecule has 0 aromatic heterocycles. The van der Waals surface area contributed by atoms with Gasteiger partial charge in [0.2, 0.25) is 0 Å². The third kappa shape index (κ3) is 6.63. The van der Waals surface area contributed by atoms with Gasteiger partial charge in [0.15, 0.2) is 6.29 Å². The maximum absolute atomic E-state index is 14.6. The van der Waals surface area contributed by atoms with E-state index in [2.05, 4.69) is 27.8 Å². The van der Waals surface area contributed by atoms with E-state index in [9.17, 15) is 9.18 Å². The largest absolute Gasteiger partial charge is 0.379 e. The Morgan fingerprint density at radius 3 is 2.84 bits per heavy atom. The summed E-state index contributed by atoms with van der Waals surface area (Å²) in [6, 6.07) is 15.5. The highest BCUT2D eigenvalue weighted by atomic mass is 19.1. The number of nitrogens with zero attached hydrogens (tertiary/aromatic N) is 1. The van der Waals surface area contributed by atoms with Gasteiger partial charge in [-0.3, -0.25) is 9.69 Å². The van der Waals surface area contributed by atoms with Crippen LogP contribution in [-0.4, -0.2) is 42.8 Å². The number of carbonyl (C=O) groups is 1. The van der Waals surface area contributed by atoms with Crippen molar-refractivity contribution in [2.45, 2.75) is 44.6 Å². The molecule has 2 aliphatic rings. The molecule has 170 valence electrons. The van der Waals surface area contributed by atoms with E-state index in [1.807, 2.05) is 18.2 Å². The van der Waals surface area contributed by atoms with Crippen molar-refractivity contribution >= 4 is 17.7 Å². The monoisotopic (exact) mass is 439 g/mol. The first kappa shape index (κ1) is 22.5. The molecular formula is C25H30FN3O3. The SMILES string of the molecule is O=C(C=Cc1ccc(N[C@@H]2CCN(Cc3ccccc3)C2)c(F)c1)NOC1CCCCO1. The van der Waals surface area contributed by atoms with Gasteiger partial charge in [-0.15, -0.1) is 0 Å². The first-order chi connectivity index (χ1) is 15.7. The fraction of sp³-hybridized carbons (Fsp3) is 0.400. The molecule has 2 atom stereocenters. The standard InChI is InChI=1S/C25H30FN3O3/c26-22-16-19(10-12-24(30)28-32-25-8-4-5-15-31-25)9-11-23(22)27-21-13-14-29(18-21)17-20-6-2-1-3-7-20/h1-3,6-7,9-12,16,21,25,27H,4-5,8,13-15,17-18H2,(H,28,30)/t21-,25?/m1/s1. The molecule has 2 aromatic carbocycles. The van der Waals surface area contributed by atoms with Crippen molar-refractivity contribution in [1.82, 2.24) is 10.4 Å². The minimum Gasteiger partial charge on any atom is -0.379 e. The van der Waals surface area contributed by atoms with Crippen molar-refractivity contribution in [3.8, 4) is 0 Å². The molecule has 2 heterocycles. The van der Waals surface area contributed by atoms with Crippen LogP contribution >= 0.6 is 0 Å². The lowest BCUT2D eigenvalue weighted by Gasteiger charge is -2.21. The highest BCUT2D eigenvalue weighted by Crippen LogP contribution is 2.22. The Labute approximate surface area is 188 Å². The zero-order chi connectivity index (χ0) is 22.2. The van der Waals surface area contributed by atoms with Gasteiger partial charge in [0.1, 0.15) is 5.82 Å². The quantitative estimate of drug-likeness (QED) is 0.479. The number of ether oxygens (including phenoxy) is 1. The normalized spacial score (nSPS) is 21.7. The van der Waals surface area contributed by atoms with Crippen molar-refractivity contribution in [2.75, 3.05) is 25.0 Å². The molecule has 0 saturated carbocycles. The molecule has 2 fully saturated rings. The number of nitrogens with one attached hydrogen (secondary N) is 2. The number of hydroxylamine groups is 1. The molecule has 2 saturated heterocycles. The predicted molar refractivity (Wildman–Crippen MR) is 122 cm³/mol. The second-order valence-electron chi connectivity index (χ2n) is 8.30. The first-order valence-electron chi connectivity index (χ1n) is 11.2. The van der Waals surface area contributed by atoms with Gasteiger partial charge in [-0.05, 0) is 48.6 Å². The number of halogens is 1. The number of amides is 1. The van der Waals surface area contributed by atoms with E-state index in [0.29, 0.717) is 17.9 Å². The summed E-state index contributed by atoms with van der Waals surface area (Å²) < 4.78 is 20.0. The molecule has 7 heteroatoms. The van der Waals surface area contributed by atoms with E-state index in [1.54, 1.807) is 18.2 Å². The van der Waals surface area contributed by atoms with Gasteiger partial charge in [0.05, 0.1) is 5.69 Å². The summed E-state index contributed by atoms with van der Waals surface area (Å²) in [5.74, 6) is -0.743. The van der Waals surface area contributed by atoms with Gasteiger partial charge >= 0.3 is 0 Å². The Kier molecular flexibility index (Phi) is 7.87. The Balaban J connectivity index is 1.24. The van der Waals surface area contributed by atoms with Crippen molar-refractivity contribution in [1.29, 1.82) is 0 Å². The zero-order valence-electron chi connectivity index (χ0n) is 18.1. The second-order valence-corrected chi connectivity index (χ2v) is 8.30. The highest BCUT2D eigenvalue weighted by Gasteiger charge is 2.23. The van der Waals surface area contributed by atoms with E-state index < -0.39 is 12.2 Å². The molecular weight excluding hydrogens is 409 g/mol. The Hall–Kier alpha value is -2.74. The maximum atomic E-state index is 14.6. The molecule has 2 aliphatic heterocycles. The third-order valence-corrected chi connectivity index (χ3v) is 5.73. The molecule has 4 rings (SSSR count). The van der Waals surface area contributed by atoms with Gasteiger partial charge in [0.25, 0.3) is 5.91 Å². The van der Waals surface area contributed by atoms with Crippen LogP contribution in [0.25, 0.3) is 6.08 Å². The van der Waals surface area contributed by atoms with E-state index in [4.69, 9.17) is 9.57 Å². The Bertz CT molecular complexity index is 916. The van der Waals surface area contributed by atoms with Gasteiger partial charge in [-0.25, -0.2) is 14.7 Å². The molecule has 1 unspecified atom stereocenters. The molecule has 0 bridgehead atoms. The average molecular weight is 440 g/mol. The summed E-state index contributed by atoms with van der Waals surface area (Å²) >= 11 is 0. The summed E-state index contributed by atoms with van der Waals surface area (Å²) in [6.07, 6.45) is 6.24. The van der Waals surface area contributed by atoms with Crippen LogP contribution < -0.4 is 10.8 Å². The summed E-state index contributed by atoms with van der Waals surface area (Å²) in [6.45, 7) is 3.41. The van der Waals surface area contributed by atoms with Crippen molar-refractivity contribution in [3.63, 3.8) is 0 Å². The molecule has 0 aliphatic carbocycles. The number of hydrogen-bond acceptors (Lipinski definition) is 5. The lowest BCUT2D eigenvalue weighted by Crippen LogP contribution is -2.32. The summed E-state index contributed by atoms with van der Waals surface area (Å²) in [5.41, 5.74) is 4.73. The number of rotatable bonds is 8. The lowest BCUT2D eigenvalue weighted by molar-refractivity contribution is -0.198. The van der Waals surface area contributed by atoms with E-state index in [-0.39, 0.29) is 11.9 Å². The fourth-order valence-electron chi connectivity index (χ4n) is 4.04. The van der Waals surface area contributed by atoms with E-state index >= 15 is 0 Å². The molecule has 1 amide bonds. The fourth-order valence-corrected chi connectivity index (χ4v) is 4.04. The van der Waals surface area contributed by atoms with Crippen LogP contribution in [0.15, 0.2) is 54.6 Å². The average Bonchev–Trinajstić information content (AvgIpc) is 3.26. The summed E-state index contributed by atoms with van der Waals surface area (Å²) in [7, 11) is 0. The Morgan fingerprint density at radius 2 is 2.06 bits per heavy atom. The minimum atomic E-state index is -0.411. The van der Waals surface area contributed by atoms with Crippen LogP contribution in [-0.2, 0) is 20.9 Å². The van der Waals surface area contributed by atoms with Crippen molar-refractivity contribution in [3.05, 3.63) is 71.6 Å². The first-order valence-corrected chi connectivity index (χ1v) is 11.2. The number of carbonyl (C=O) groups excluding carboxylic acids is 1. The number of hydrogen-bond donors (Lipinski definition) is 2.